The van der Waals surface area contributed by atoms with Gasteiger partial charge in [-0.05, 0) is 18.1 Å². The zero-order valence-corrected chi connectivity index (χ0v) is 11.1. The minimum Gasteiger partial charge on any atom is -0.507 e. The first kappa shape index (κ1) is 12.9. The molecular formula is C12H12BrNO4. The number of benzene rings is 1. The summed E-state index contributed by atoms with van der Waals surface area (Å²) in [5, 5.41) is 19.2. The van der Waals surface area contributed by atoms with Crippen LogP contribution in [0.5, 0.6) is 5.75 Å². The number of carbonyl (C=O) groups is 2. The van der Waals surface area contributed by atoms with Crippen molar-refractivity contribution in [3.8, 4) is 5.75 Å². The van der Waals surface area contributed by atoms with Gasteiger partial charge in [-0.2, -0.15) is 0 Å². The Balaban J connectivity index is 2.27. The molecule has 1 amide bonds. The van der Waals surface area contributed by atoms with E-state index in [1.165, 1.54) is 18.2 Å². The molecule has 1 aromatic rings. The smallest absolute Gasteiger partial charge is 0.339 e. The Morgan fingerprint density at radius 2 is 2.22 bits per heavy atom. The number of carboxylic acids is 1. The molecule has 1 saturated heterocycles. The number of aromatic carboxylic acids is 1. The van der Waals surface area contributed by atoms with Crippen LogP contribution in [0.4, 0.5) is 5.69 Å². The first-order valence-corrected chi connectivity index (χ1v) is 6.57. The summed E-state index contributed by atoms with van der Waals surface area (Å²) in [7, 11) is 0. The molecule has 6 heteroatoms. The van der Waals surface area contributed by atoms with Crippen LogP contribution in [-0.4, -0.2) is 34.0 Å². The van der Waals surface area contributed by atoms with Gasteiger partial charge in [-0.25, -0.2) is 4.79 Å². The summed E-state index contributed by atoms with van der Waals surface area (Å²) < 4.78 is 0. The van der Waals surface area contributed by atoms with Crippen LogP contribution in [0, 0.1) is 5.92 Å². The van der Waals surface area contributed by atoms with Gasteiger partial charge in [0.15, 0.2) is 0 Å². The van der Waals surface area contributed by atoms with E-state index in [2.05, 4.69) is 15.9 Å². The van der Waals surface area contributed by atoms with Crippen molar-refractivity contribution in [2.24, 2.45) is 5.92 Å². The van der Waals surface area contributed by atoms with Gasteiger partial charge in [-0.3, -0.25) is 4.79 Å². The predicted octanol–water partition coefficient (Wildman–Crippen LogP) is 1.84. The molecule has 1 atom stereocenters. The average Bonchev–Trinajstić information content (AvgIpc) is 2.70. The molecule has 5 nitrogen and oxygen atoms in total. The van der Waals surface area contributed by atoms with E-state index in [-0.39, 0.29) is 23.1 Å². The Hall–Kier alpha value is -1.56. The molecule has 2 rings (SSSR count). The van der Waals surface area contributed by atoms with E-state index in [0.717, 1.165) is 5.33 Å². The number of carboxylic acid groups (broad SMARTS) is 1. The van der Waals surface area contributed by atoms with Crippen molar-refractivity contribution in [2.45, 2.75) is 6.42 Å². The topological polar surface area (TPSA) is 77.8 Å². The summed E-state index contributed by atoms with van der Waals surface area (Å²) >= 11 is 3.34. The highest BCUT2D eigenvalue weighted by atomic mass is 79.9. The van der Waals surface area contributed by atoms with Gasteiger partial charge in [0, 0.05) is 30.0 Å². The van der Waals surface area contributed by atoms with Crippen molar-refractivity contribution in [2.75, 3.05) is 16.8 Å². The van der Waals surface area contributed by atoms with Crippen LogP contribution in [-0.2, 0) is 4.79 Å². The molecule has 1 aromatic carbocycles. The number of nitrogens with zero attached hydrogens (tertiary/aromatic N) is 1. The number of halogens is 1. The lowest BCUT2D eigenvalue weighted by atomic mass is 10.1. The van der Waals surface area contributed by atoms with Crippen LogP contribution >= 0.6 is 15.9 Å². The van der Waals surface area contributed by atoms with E-state index in [1.54, 1.807) is 4.90 Å². The standard InChI is InChI=1S/C12H12BrNO4/c13-5-7-3-11(16)14(6-7)8-1-2-9(12(17)18)10(15)4-8/h1-2,4,7,15H,3,5-6H2,(H,17,18). The highest BCUT2D eigenvalue weighted by molar-refractivity contribution is 9.09. The lowest BCUT2D eigenvalue weighted by Crippen LogP contribution is -2.24. The lowest BCUT2D eigenvalue weighted by molar-refractivity contribution is -0.117. The van der Waals surface area contributed by atoms with Gasteiger partial charge in [0.2, 0.25) is 5.91 Å². The molecule has 0 aromatic heterocycles. The number of amides is 1. The molecule has 96 valence electrons. The molecule has 1 unspecified atom stereocenters. The van der Waals surface area contributed by atoms with E-state index in [0.29, 0.717) is 18.7 Å². The molecule has 0 spiro atoms. The van der Waals surface area contributed by atoms with E-state index >= 15 is 0 Å². The third kappa shape index (κ3) is 2.33. The normalized spacial score (nSPS) is 19.3. The summed E-state index contributed by atoms with van der Waals surface area (Å²) in [6.45, 7) is 0.579. The molecule has 0 saturated carbocycles. The molecule has 1 aliphatic heterocycles. The number of aromatic hydroxyl groups is 1. The average molecular weight is 314 g/mol. The fourth-order valence-corrected chi connectivity index (χ4v) is 2.44. The lowest BCUT2D eigenvalue weighted by Gasteiger charge is -2.17. The van der Waals surface area contributed by atoms with E-state index in [1.807, 2.05) is 0 Å². The van der Waals surface area contributed by atoms with Crippen LogP contribution in [0.1, 0.15) is 16.8 Å². The van der Waals surface area contributed by atoms with Gasteiger partial charge in [-0.1, -0.05) is 15.9 Å². The van der Waals surface area contributed by atoms with Crippen molar-refractivity contribution in [3.63, 3.8) is 0 Å². The predicted molar refractivity (Wildman–Crippen MR) is 69.3 cm³/mol. The Labute approximate surface area is 112 Å². The Bertz CT molecular complexity index is 503. The van der Waals surface area contributed by atoms with Crippen molar-refractivity contribution < 1.29 is 19.8 Å². The maximum absolute atomic E-state index is 11.8. The minimum atomic E-state index is -1.19. The highest BCUT2D eigenvalue weighted by Gasteiger charge is 2.30. The second-order valence-corrected chi connectivity index (χ2v) is 4.88. The maximum atomic E-state index is 11.8. The molecule has 2 N–H and O–H groups in total. The number of phenols is 1. The fraction of sp³-hybridized carbons (Fsp3) is 0.333. The Morgan fingerprint density at radius 3 is 2.72 bits per heavy atom. The summed E-state index contributed by atoms with van der Waals surface area (Å²) in [4.78, 5) is 24.1. The van der Waals surface area contributed by atoms with Crippen LogP contribution in [0.3, 0.4) is 0 Å². The molecule has 1 heterocycles. The van der Waals surface area contributed by atoms with E-state index in [4.69, 9.17) is 5.11 Å². The van der Waals surface area contributed by atoms with Gasteiger partial charge < -0.3 is 15.1 Å². The third-order valence-electron chi connectivity index (χ3n) is 2.95. The number of carbonyl (C=O) groups excluding carboxylic acids is 1. The third-order valence-corrected chi connectivity index (χ3v) is 3.86. The van der Waals surface area contributed by atoms with E-state index in [9.17, 15) is 14.7 Å². The molecule has 18 heavy (non-hydrogen) atoms. The number of hydrogen-bond acceptors (Lipinski definition) is 3. The van der Waals surface area contributed by atoms with Crippen LogP contribution in [0.2, 0.25) is 0 Å². The van der Waals surface area contributed by atoms with E-state index < -0.39 is 5.97 Å². The quantitative estimate of drug-likeness (QED) is 0.835. The second kappa shape index (κ2) is 4.97. The molecule has 0 radical (unpaired) electrons. The van der Waals surface area contributed by atoms with Gasteiger partial charge in [0.05, 0.1) is 0 Å². The molecule has 0 bridgehead atoms. The SMILES string of the molecule is O=C(O)c1ccc(N2CC(CBr)CC2=O)cc1O. The Kier molecular flexibility index (Phi) is 3.56. The molecule has 0 aliphatic carbocycles. The van der Waals surface area contributed by atoms with Crippen LogP contribution in [0.15, 0.2) is 18.2 Å². The molecular weight excluding hydrogens is 302 g/mol. The van der Waals surface area contributed by atoms with Gasteiger partial charge in [0.1, 0.15) is 11.3 Å². The number of rotatable bonds is 3. The summed E-state index contributed by atoms with van der Waals surface area (Å²) in [6, 6.07) is 4.16. The monoisotopic (exact) mass is 313 g/mol. The molecule has 1 aliphatic rings. The fourth-order valence-electron chi connectivity index (χ4n) is 2.00. The number of anilines is 1. The van der Waals surface area contributed by atoms with Crippen molar-refractivity contribution in [3.05, 3.63) is 23.8 Å². The van der Waals surface area contributed by atoms with Crippen molar-refractivity contribution in [1.29, 1.82) is 0 Å². The zero-order valence-electron chi connectivity index (χ0n) is 9.47. The second-order valence-electron chi connectivity index (χ2n) is 4.24. The Morgan fingerprint density at radius 1 is 1.50 bits per heavy atom. The summed E-state index contributed by atoms with van der Waals surface area (Å²) in [5.74, 6) is -1.28. The van der Waals surface area contributed by atoms with Gasteiger partial charge in [-0.15, -0.1) is 0 Å². The summed E-state index contributed by atoms with van der Waals surface area (Å²) in [6.07, 6.45) is 0.465. The van der Waals surface area contributed by atoms with Crippen LogP contribution < -0.4 is 4.90 Å². The van der Waals surface area contributed by atoms with Crippen LogP contribution in [0.25, 0.3) is 0 Å². The first-order valence-electron chi connectivity index (χ1n) is 5.45. The van der Waals surface area contributed by atoms with Gasteiger partial charge >= 0.3 is 5.97 Å². The minimum absolute atomic E-state index is 0.0121. The first-order chi connectivity index (χ1) is 8.52. The maximum Gasteiger partial charge on any atom is 0.339 e. The highest BCUT2D eigenvalue weighted by Crippen LogP contribution is 2.30. The summed E-state index contributed by atoms with van der Waals surface area (Å²) in [5.41, 5.74) is 0.369. The van der Waals surface area contributed by atoms with Gasteiger partial charge in [0.25, 0.3) is 0 Å². The number of alkyl halides is 1. The molecule has 1 fully saturated rings. The van der Waals surface area contributed by atoms with Crippen molar-refractivity contribution >= 4 is 33.5 Å². The number of hydrogen-bond donors (Lipinski definition) is 2. The zero-order chi connectivity index (χ0) is 13.3. The largest absolute Gasteiger partial charge is 0.507 e. The van der Waals surface area contributed by atoms with Crippen molar-refractivity contribution in [1.82, 2.24) is 0 Å².